The van der Waals surface area contributed by atoms with E-state index in [9.17, 15) is 4.79 Å². The summed E-state index contributed by atoms with van der Waals surface area (Å²) in [6.45, 7) is 3.13. The standard InChI is InChI=1S/C21H26N2O3.ClH/c1-2-25-16-10-12-17(13-11-16)26-20-9-4-3-8-19(20)23-21(24)18-7-5-6-15(18)14-22;/h3-4,8-13,15,18H,2,5-7,14,22H2,1H3,(H,23,24);1H/t15-,18-;/m1./s1. The number of ether oxygens (including phenoxy) is 2. The molecule has 1 saturated carbocycles. The van der Waals surface area contributed by atoms with Crippen molar-refractivity contribution in [3.05, 3.63) is 48.5 Å². The van der Waals surface area contributed by atoms with Crippen LogP contribution in [0.5, 0.6) is 17.2 Å². The highest BCUT2D eigenvalue weighted by Crippen LogP contribution is 2.34. The van der Waals surface area contributed by atoms with E-state index in [4.69, 9.17) is 15.2 Å². The number of benzene rings is 2. The lowest BCUT2D eigenvalue weighted by Crippen LogP contribution is -2.29. The number of halogens is 1. The average molecular weight is 391 g/mol. The Bertz CT molecular complexity index is 736. The Labute approximate surface area is 166 Å². The van der Waals surface area contributed by atoms with Crippen molar-refractivity contribution in [3.63, 3.8) is 0 Å². The van der Waals surface area contributed by atoms with Gasteiger partial charge in [-0.25, -0.2) is 0 Å². The number of nitrogens with two attached hydrogens (primary N) is 1. The second-order valence-corrected chi connectivity index (χ2v) is 6.53. The van der Waals surface area contributed by atoms with Crippen LogP contribution in [0, 0.1) is 11.8 Å². The number of carbonyl (C=O) groups is 1. The van der Waals surface area contributed by atoms with Crippen LogP contribution in [0.2, 0.25) is 0 Å². The highest BCUT2D eigenvalue weighted by molar-refractivity contribution is 5.94. The monoisotopic (exact) mass is 390 g/mol. The molecule has 0 aromatic heterocycles. The van der Waals surface area contributed by atoms with Gasteiger partial charge in [0, 0.05) is 5.92 Å². The third-order valence-electron chi connectivity index (χ3n) is 4.81. The van der Waals surface area contributed by atoms with Gasteiger partial charge in [0.05, 0.1) is 12.3 Å². The van der Waals surface area contributed by atoms with Gasteiger partial charge in [-0.2, -0.15) is 0 Å². The maximum atomic E-state index is 12.7. The number of hydrogen-bond donors (Lipinski definition) is 2. The molecule has 1 aliphatic carbocycles. The fourth-order valence-corrected chi connectivity index (χ4v) is 3.45. The van der Waals surface area contributed by atoms with Gasteiger partial charge in [-0.1, -0.05) is 18.6 Å². The molecule has 0 unspecified atom stereocenters. The molecule has 2 atom stereocenters. The second-order valence-electron chi connectivity index (χ2n) is 6.53. The van der Waals surface area contributed by atoms with Crippen molar-refractivity contribution in [2.24, 2.45) is 17.6 Å². The number of anilines is 1. The van der Waals surface area contributed by atoms with Crippen molar-refractivity contribution in [2.75, 3.05) is 18.5 Å². The molecule has 0 aliphatic heterocycles. The molecule has 2 aromatic carbocycles. The van der Waals surface area contributed by atoms with E-state index < -0.39 is 0 Å². The van der Waals surface area contributed by atoms with Crippen molar-refractivity contribution in [2.45, 2.75) is 26.2 Å². The van der Waals surface area contributed by atoms with E-state index in [1.165, 1.54) is 0 Å². The topological polar surface area (TPSA) is 73.6 Å². The summed E-state index contributed by atoms with van der Waals surface area (Å²) in [4.78, 5) is 12.7. The Morgan fingerprint density at radius 2 is 1.81 bits per heavy atom. The summed E-state index contributed by atoms with van der Waals surface area (Å²) in [5, 5.41) is 3.02. The Morgan fingerprint density at radius 1 is 1.11 bits per heavy atom. The fourth-order valence-electron chi connectivity index (χ4n) is 3.45. The molecular formula is C21H27ClN2O3. The van der Waals surface area contributed by atoms with Crippen molar-refractivity contribution in [3.8, 4) is 17.2 Å². The first-order chi connectivity index (χ1) is 12.7. The number of para-hydroxylation sites is 2. The summed E-state index contributed by atoms with van der Waals surface area (Å²) < 4.78 is 11.4. The number of hydrogen-bond acceptors (Lipinski definition) is 4. The Balaban J connectivity index is 0.00000261. The van der Waals surface area contributed by atoms with Crippen LogP contribution >= 0.6 is 12.4 Å². The summed E-state index contributed by atoms with van der Waals surface area (Å²) in [7, 11) is 0. The van der Waals surface area contributed by atoms with Crippen LogP contribution in [0.1, 0.15) is 26.2 Å². The maximum absolute atomic E-state index is 12.7. The molecule has 1 aliphatic rings. The first-order valence-electron chi connectivity index (χ1n) is 9.22. The van der Waals surface area contributed by atoms with E-state index >= 15 is 0 Å². The van der Waals surface area contributed by atoms with Gasteiger partial charge in [0.2, 0.25) is 5.91 Å². The molecule has 3 N–H and O–H groups in total. The molecule has 5 nitrogen and oxygen atoms in total. The molecule has 1 amide bonds. The van der Waals surface area contributed by atoms with Crippen LogP contribution in [0.25, 0.3) is 0 Å². The molecule has 0 saturated heterocycles. The van der Waals surface area contributed by atoms with Crippen LogP contribution in [0.4, 0.5) is 5.69 Å². The van der Waals surface area contributed by atoms with Gasteiger partial charge in [-0.15, -0.1) is 12.4 Å². The fraction of sp³-hybridized carbons (Fsp3) is 0.381. The summed E-state index contributed by atoms with van der Waals surface area (Å²) in [5.41, 5.74) is 6.48. The van der Waals surface area contributed by atoms with Crippen LogP contribution in [0.15, 0.2) is 48.5 Å². The minimum atomic E-state index is -0.0152. The third-order valence-corrected chi connectivity index (χ3v) is 4.81. The van der Waals surface area contributed by atoms with E-state index in [0.717, 1.165) is 25.0 Å². The molecular weight excluding hydrogens is 364 g/mol. The first-order valence-corrected chi connectivity index (χ1v) is 9.22. The van der Waals surface area contributed by atoms with Crippen molar-refractivity contribution < 1.29 is 14.3 Å². The molecule has 6 heteroatoms. The predicted molar refractivity (Wildman–Crippen MR) is 110 cm³/mol. The van der Waals surface area contributed by atoms with E-state index in [1.807, 2.05) is 55.5 Å². The number of rotatable bonds is 7. The summed E-state index contributed by atoms with van der Waals surface area (Å²) >= 11 is 0. The Morgan fingerprint density at radius 3 is 2.52 bits per heavy atom. The van der Waals surface area contributed by atoms with Gasteiger partial charge in [0.15, 0.2) is 5.75 Å². The smallest absolute Gasteiger partial charge is 0.227 e. The van der Waals surface area contributed by atoms with Crippen molar-refractivity contribution in [1.82, 2.24) is 0 Å². The van der Waals surface area contributed by atoms with Crippen LogP contribution in [0.3, 0.4) is 0 Å². The summed E-state index contributed by atoms with van der Waals surface area (Å²) in [6.07, 6.45) is 2.98. The van der Waals surface area contributed by atoms with E-state index in [1.54, 1.807) is 0 Å². The molecule has 0 heterocycles. The summed E-state index contributed by atoms with van der Waals surface area (Å²) in [5.74, 6) is 2.40. The van der Waals surface area contributed by atoms with Gasteiger partial charge in [0.1, 0.15) is 11.5 Å². The van der Waals surface area contributed by atoms with Crippen LogP contribution < -0.4 is 20.5 Å². The lowest BCUT2D eigenvalue weighted by atomic mass is 9.95. The SMILES string of the molecule is CCOc1ccc(Oc2ccccc2NC(=O)[C@@H]2CCC[C@@H]2CN)cc1.Cl. The third kappa shape index (κ3) is 5.37. The normalized spacial score (nSPS) is 18.4. The van der Waals surface area contributed by atoms with E-state index in [0.29, 0.717) is 30.3 Å². The zero-order valence-corrected chi connectivity index (χ0v) is 16.3. The lowest BCUT2D eigenvalue weighted by Gasteiger charge is -2.19. The minimum Gasteiger partial charge on any atom is -0.494 e. The molecule has 146 valence electrons. The highest BCUT2D eigenvalue weighted by Gasteiger charge is 2.32. The average Bonchev–Trinajstić information content (AvgIpc) is 3.14. The Kier molecular flexibility index (Phi) is 7.95. The lowest BCUT2D eigenvalue weighted by molar-refractivity contribution is -0.120. The highest BCUT2D eigenvalue weighted by atomic mass is 35.5. The minimum absolute atomic E-state index is 0. The Hall–Kier alpha value is -2.24. The van der Waals surface area contributed by atoms with Gasteiger partial charge in [-0.05, 0) is 68.6 Å². The van der Waals surface area contributed by atoms with Crippen molar-refractivity contribution in [1.29, 1.82) is 0 Å². The van der Waals surface area contributed by atoms with Gasteiger partial charge in [0.25, 0.3) is 0 Å². The molecule has 0 bridgehead atoms. The summed E-state index contributed by atoms with van der Waals surface area (Å²) in [6, 6.07) is 14.9. The van der Waals surface area contributed by atoms with E-state index in [2.05, 4.69) is 5.32 Å². The van der Waals surface area contributed by atoms with Crippen molar-refractivity contribution >= 4 is 24.0 Å². The number of amides is 1. The zero-order valence-electron chi connectivity index (χ0n) is 15.5. The largest absolute Gasteiger partial charge is 0.494 e. The molecule has 1 fully saturated rings. The number of nitrogens with one attached hydrogen (secondary N) is 1. The quantitative estimate of drug-likeness (QED) is 0.723. The maximum Gasteiger partial charge on any atom is 0.227 e. The van der Waals surface area contributed by atoms with Gasteiger partial charge in [-0.3, -0.25) is 4.79 Å². The van der Waals surface area contributed by atoms with Crippen LogP contribution in [-0.2, 0) is 4.79 Å². The predicted octanol–water partition coefficient (Wildman–Crippen LogP) is 4.61. The number of carbonyl (C=O) groups excluding carboxylic acids is 1. The second kappa shape index (κ2) is 10.2. The molecule has 27 heavy (non-hydrogen) atoms. The van der Waals surface area contributed by atoms with Crippen LogP contribution in [-0.4, -0.2) is 19.1 Å². The molecule has 0 spiro atoms. The molecule has 2 aromatic rings. The van der Waals surface area contributed by atoms with Gasteiger partial charge >= 0.3 is 0 Å². The first kappa shape index (κ1) is 21.1. The zero-order chi connectivity index (χ0) is 18.4. The molecule has 3 rings (SSSR count). The molecule has 0 radical (unpaired) electrons. The van der Waals surface area contributed by atoms with E-state index in [-0.39, 0.29) is 30.2 Å². The van der Waals surface area contributed by atoms with Gasteiger partial charge < -0.3 is 20.5 Å².